The smallest absolute Gasteiger partial charge is 0.382 e. The number of halogens is 6. The summed E-state index contributed by atoms with van der Waals surface area (Å²) in [5, 5.41) is 3.45. The minimum Gasteiger partial charge on any atom is -0.382 e. The lowest BCUT2D eigenvalue weighted by Gasteiger charge is -2.13. The van der Waals surface area contributed by atoms with Gasteiger partial charge in [0.05, 0.1) is 11.1 Å². The Morgan fingerprint density at radius 2 is 1.68 bits per heavy atom. The maximum absolute atomic E-state index is 12.9. The van der Waals surface area contributed by atoms with E-state index in [0.29, 0.717) is 18.0 Å². The Balaban J connectivity index is 2.04. The Kier molecular flexibility index (Phi) is 7.10. The number of nitrogens with two attached hydrogens (primary N) is 1. The number of aryl methyl sites for hydroxylation is 1. The van der Waals surface area contributed by atoms with Crippen molar-refractivity contribution >= 4 is 17.6 Å². The Morgan fingerprint density at radius 3 is 2.19 bits per heavy atom. The molecule has 0 saturated heterocycles. The number of aromatic nitrogens is 1. The summed E-state index contributed by atoms with van der Waals surface area (Å²) in [7, 11) is 0. The summed E-state index contributed by atoms with van der Waals surface area (Å²) in [6, 6.07) is 4.22. The molecule has 0 atom stereocenters. The number of hydrazone groups is 1. The molecule has 0 bridgehead atoms. The zero-order valence-corrected chi connectivity index (χ0v) is 15.8. The van der Waals surface area contributed by atoms with Crippen LogP contribution in [0.1, 0.15) is 22.3 Å². The zero-order valence-electron chi connectivity index (χ0n) is 15.8. The van der Waals surface area contributed by atoms with Crippen LogP contribution in [0, 0.1) is 6.92 Å². The molecule has 2 rings (SSSR count). The van der Waals surface area contributed by atoms with E-state index in [1.807, 2.05) is 6.92 Å². The molecular weight excluding hydrogens is 430 g/mol. The predicted molar refractivity (Wildman–Crippen MR) is 100 cm³/mol. The number of carbonyl (C=O) groups is 1. The average Bonchev–Trinajstić information content (AvgIpc) is 2.69. The third-order valence-electron chi connectivity index (χ3n) is 3.60. The number of hydrogen-bond donors (Lipinski definition) is 4. The zero-order chi connectivity index (χ0) is 23.2. The number of alkyl halides is 6. The van der Waals surface area contributed by atoms with Crippen LogP contribution in [-0.4, -0.2) is 16.7 Å². The third-order valence-corrected chi connectivity index (χ3v) is 3.60. The van der Waals surface area contributed by atoms with Gasteiger partial charge in [-0.15, -0.1) is 0 Å². The van der Waals surface area contributed by atoms with Crippen LogP contribution in [0.15, 0.2) is 53.9 Å². The van der Waals surface area contributed by atoms with E-state index < -0.39 is 40.8 Å². The van der Waals surface area contributed by atoms with Crippen molar-refractivity contribution in [3.05, 3.63) is 71.1 Å². The summed E-state index contributed by atoms with van der Waals surface area (Å²) in [4.78, 5) is 15.6. The minimum absolute atomic E-state index is 0.0235. The molecule has 0 aliphatic carbocycles. The van der Waals surface area contributed by atoms with Crippen molar-refractivity contribution in [2.24, 2.45) is 10.8 Å². The van der Waals surface area contributed by atoms with Crippen LogP contribution in [0.4, 0.5) is 32.2 Å². The molecule has 13 heteroatoms. The molecule has 1 amide bonds. The van der Waals surface area contributed by atoms with Crippen molar-refractivity contribution in [2.45, 2.75) is 19.3 Å². The summed E-state index contributed by atoms with van der Waals surface area (Å²) in [5.74, 6) is -0.932. The molecule has 5 N–H and O–H groups in total. The van der Waals surface area contributed by atoms with E-state index in [2.05, 4.69) is 26.4 Å². The number of hydrazine groups is 1. The molecule has 0 spiro atoms. The van der Waals surface area contributed by atoms with E-state index in [9.17, 15) is 31.1 Å². The molecule has 1 heterocycles. The summed E-state index contributed by atoms with van der Waals surface area (Å²) in [6.45, 7) is 1.83. The number of nitrogens with zero attached hydrogens (tertiary/aromatic N) is 2. The summed E-state index contributed by atoms with van der Waals surface area (Å²) in [5.41, 5.74) is 9.70. The van der Waals surface area contributed by atoms with E-state index in [1.165, 1.54) is 0 Å². The Morgan fingerprint density at radius 1 is 1.06 bits per heavy atom. The summed E-state index contributed by atoms with van der Waals surface area (Å²) >= 11 is 0. The lowest BCUT2D eigenvalue weighted by atomic mass is 10.0. The van der Waals surface area contributed by atoms with Gasteiger partial charge in [0.25, 0.3) is 5.91 Å². The van der Waals surface area contributed by atoms with Crippen molar-refractivity contribution < 1.29 is 31.1 Å². The molecule has 0 radical (unpaired) electrons. The van der Waals surface area contributed by atoms with Gasteiger partial charge in [-0.25, -0.2) is 4.98 Å². The van der Waals surface area contributed by atoms with Crippen LogP contribution < -0.4 is 22.0 Å². The molecule has 7 nitrogen and oxygen atoms in total. The van der Waals surface area contributed by atoms with Crippen LogP contribution >= 0.6 is 0 Å². The van der Waals surface area contributed by atoms with Crippen LogP contribution in [0.25, 0.3) is 0 Å². The lowest BCUT2D eigenvalue weighted by Crippen LogP contribution is -2.28. The minimum atomic E-state index is -5.01. The van der Waals surface area contributed by atoms with Gasteiger partial charge in [0.15, 0.2) is 5.84 Å². The number of hydrogen-bond acceptors (Lipinski definition) is 5. The summed E-state index contributed by atoms with van der Waals surface area (Å²) < 4.78 is 77.3. The van der Waals surface area contributed by atoms with Crippen molar-refractivity contribution in [3.8, 4) is 0 Å². The third kappa shape index (κ3) is 7.21. The highest BCUT2D eigenvalue weighted by Crippen LogP contribution is 2.36. The van der Waals surface area contributed by atoms with Crippen molar-refractivity contribution in [3.63, 3.8) is 0 Å². The van der Waals surface area contributed by atoms with Crippen molar-refractivity contribution in [1.82, 2.24) is 15.8 Å². The van der Waals surface area contributed by atoms with E-state index in [4.69, 9.17) is 5.73 Å². The molecule has 31 heavy (non-hydrogen) atoms. The maximum Gasteiger partial charge on any atom is 0.416 e. The number of nitrogens with one attached hydrogen (secondary N) is 3. The number of carbonyl (C=O) groups excluding carboxylic acids is 1. The number of benzene rings is 1. The number of amidine groups is 1. The highest BCUT2D eigenvalue weighted by atomic mass is 19.4. The molecule has 1 aromatic carbocycles. The van der Waals surface area contributed by atoms with Crippen molar-refractivity contribution in [2.75, 3.05) is 5.43 Å². The molecular formula is C18H16F6N6O. The standard InChI is InChI=1S/C18H16F6N6O/c1-10-2-3-14(26-9-10)28-29-15(31)4-5-27-30-16(25)11-6-12(17(19,20)21)8-13(7-11)18(22,23)24/h2-9,27H,1H3,(H2,25,30)(H,26,28)(H,29,31)/b5-4-. The molecule has 166 valence electrons. The van der Waals surface area contributed by atoms with Gasteiger partial charge in [-0.3, -0.25) is 21.1 Å². The molecule has 0 saturated carbocycles. The molecule has 2 aromatic rings. The first-order chi connectivity index (χ1) is 14.4. The first-order valence-corrected chi connectivity index (χ1v) is 8.40. The number of rotatable bonds is 6. The fraction of sp³-hybridized carbons (Fsp3) is 0.167. The molecule has 0 aliphatic heterocycles. The molecule has 0 aliphatic rings. The second-order valence-corrected chi connectivity index (χ2v) is 6.09. The maximum atomic E-state index is 12.9. The quantitative estimate of drug-likeness (QED) is 0.179. The van der Waals surface area contributed by atoms with Gasteiger partial charge in [-0.05, 0) is 36.8 Å². The van der Waals surface area contributed by atoms with Crippen LogP contribution in [-0.2, 0) is 17.1 Å². The number of pyridine rings is 1. The van der Waals surface area contributed by atoms with Gasteiger partial charge < -0.3 is 5.73 Å². The van der Waals surface area contributed by atoms with Gasteiger partial charge in [0.2, 0.25) is 0 Å². The van der Waals surface area contributed by atoms with Crippen LogP contribution in [0.2, 0.25) is 0 Å². The fourth-order valence-corrected chi connectivity index (χ4v) is 2.10. The van der Waals surface area contributed by atoms with Gasteiger partial charge in [0.1, 0.15) is 5.82 Å². The van der Waals surface area contributed by atoms with Gasteiger partial charge in [-0.1, -0.05) is 6.07 Å². The first-order valence-electron chi connectivity index (χ1n) is 8.40. The highest BCUT2D eigenvalue weighted by molar-refractivity contribution is 5.97. The Labute approximate surface area is 172 Å². The topological polar surface area (TPSA) is 104 Å². The van der Waals surface area contributed by atoms with E-state index in [0.717, 1.165) is 17.8 Å². The average molecular weight is 446 g/mol. The number of amides is 1. The van der Waals surface area contributed by atoms with Gasteiger partial charge >= 0.3 is 12.4 Å². The highest BCUT2D eigenvalue weighted by Gasteiger charge is 2.37. The number of anilines is 1. The summed E-state index contributed by atoms with van der Waals surface area (Å²) in [6.07, 6.45) is -6.53. The van der Waals surface area contributed by atoms with E-state index in [1.54, 1.807) is 18.3 Å². The normalized spacial score (nSPS) is 12.7. The largest absolute Gasteiger partial charge is 0.416 e. The monoisotopic (exact) mass is 446 g/mol. The molecule has 0 unspecified atom stereocenters. The van der Waals surface area contributed by atoms with Crippen molar-refractivity contribution in [1.29, 1.82) is 0 Å². The van der Waals surface area contributed by atoms with Gasteiger partial charge in [0, 0.05) is 24.0 Å². The SMILES string of the molecule is Cc1ccc(NNC(=O)/C=C\N/N=C(\N)c2cc(C(F)(F)F)cc(C(F)(F)F)c2)nc1. The predicted octanol–water partition coefficient (Wildman–Crippen LogP) is 3.29. The second kappa shape index (κ2) is 9.36. The second-order valence-electron chi connectivity index (χ2n) is 6.09. The van der Waals surface area contributed by atoms with Gasteiger partial charge in [-0.2, -0.15) is 31.4 Å². The lowest BCUT2D eigenvalue weighted by molar-refractivity contribution is -0.143. The van der Waals surface area contributed by atoms with E-state index in [-0.39, 0.29) is 6.07 Å². The fourth-order valence-electron chi connectivity index (χ4n) is 2.10. The first kappa shape index (κ1) is 23.5. The van der Waals surface area contributed by atoms with Crippen LogP contribution in [0.5, 0.6) is 0 Å². The van der Waals surface area contributed by atoms with Crippen LogP contribution in [0.3, 0.4) is 0 Å². The Bertz CT molecular complexity index is 950. The van der Waals surface area contributed by atoms with E-state index >= 15 is 0 Å². The molecule has 1 aromatic heterocycles. The molecule has 0 fully saturated rings. The Hall–Kier alpha value is -3.77.